The molecule has 0 amide bonds. The van der Waals surface area contributed by atoms with Gasteiger partial charge < -0.3 is 9.84 Å². The van der Waals surface area contributed by atoms with Crippen molar-refractivity contribution in [1.29, 1.82) is 0 Å². The third-order valence-corrected chi connectivity index (χ3v) is 2.10. The largest absolute Gasteiger partial charge is 0.460 e. The van der Waals surface area contributed by atoms with Gasteiger partial charge in [-0.1, -0.05) is 13.3 Å². The van der Waals surface area contributed by atoms with Crippen LogP contribution in [0.3, 0.4) is 0 Å². The van der Waals surface area contributed by atoms with Gasteiger partial charge in [0.15, 0.2) is 0 Å². The summed E-state index contributed by atoms with van der Waals surface area (Å²) < 4.78 is 4.85. The number of rotatable bonds is 2. The topological polar surface area (TPSA) is 46.5 Å². The fourth-order valence-corrected chi connectivity index (χ4v) is 1.41. The summed E-state index contributed by atoms with van der Waals surface area (Å²) in [5, 5.41) is 9.41. The lowest BCUT2D eigenvalue weighted by Crippen LogP contribution is -2.24. The third kappa shape index (κ3) is 1.53. The lowest BCUT2D eigenvalue weighted by Gasteiger charge is -2.09. The van der Waals surface area contributed by atoms with Crippen LogP contribution in [0.5, 0.6) is 0 Å². The van der Waals surface area contributed by atoms with Crippen LogP contribution in [0.4, 0.5) is 0 Å². The minimum atomic E-state index is -0.595. The maximum absolute atomic E-state index is 11.0. The Balaban J connectivity index is 2.56. The van der Waals surface area contributed by atoms with Crippen LogP contribution >= 0.6 is 0 Å². The van der Waals surface area contributed by atoms with Crippen molar-refractivity contribution in [1.82, 2.24) is 0 Å². The zero-order chi connectivity index (χ0) is 8.43. The van der Waals surface area contributed by atoms with Crippen molar-refractivity contribution >= 4 is 5.97 Å². The number of hydrogen-bond acceptors (Lipinski definition) is 3. The summed E-state index contributed by atoms with van der Waals surface area (Å²) >= 11 is 0. The summed E-state index contributed by atoms with van der Waals surface area (Å²) in [4.78, 5) is 11.0. The molecule has 3 unspecified atom stereocenters. The van der Waals surface area contributed by atoms with Gasteiger partial charge in [-0.25, -0.2) is 0 Å². The molecule has 0 aromatic carbocycles. The number of cyclic esters (lactones) is 1. The highest BCUT2D eigenvalue weighted by Crippen LogP contribution is 2.25. The van der Waals surface area contributed by atoms with Gasteiger partial charge in [-0.15, -0.1) is 0 Å². The van der Waals surface area contributed by atoms with Crippen molar-refractivity contribution in [2.75, 3.05) is 0 Å². The second-order valence-corrected chi connectivity index (χ2v) is 3.03. The molecule has 11 heavy (non-hydrogen) atoms. The highest BCUT2D eigenvalue weighted by atomic mass is 16.6. The van der Waals surface area contributed by atoms with Crippen LogP contribution < -0.4 is 0 Å². The van der Waals surface area contributed by atoms with Gasteiger partial charge in [0.25, 0.3) is 0 Å². The van der Waals surface area contributed by atoms with E-state index in [-0.39, 0.29) is 18.0 Å². The minimum Gasteiger partial charge on any atom is -0.460 e. The molecular weight excluding hydrogens is 144 g/mol. The molecular formula is C8H14O3. The number of aliphatic hydroxyl groups excluding tert-OH is 1. The Kier molecular flexibility index (Phi) is 2.49. The molecule has 1 aliphatic heterocycles. The van der Waals surface area contributed by atoms with Gasteiger partial charge in [0.1, 0.15) is 12.2 Å². The van der Waals surface area contributed by atoms with Crippen LogP contribution in [0.15, 0.2) is 0 Å². The van der Waals surface area contributed by atoms with E-state index in [1.165, 1.54) is 0 Å². The van der Waals surface area contributed by atoms with Crippen molar-refractivity contribution < 1.29 is 14.6 Å². The number of hydrogen-bond donors (Lipinski definition) is 1. The van der Waals surface area contributed by atoms with Gasteiger partial charge in [-0.3, -0.25) is 4.79 Å². The Hall–Kier alpha value is -0.570. The SMILES string of the molecule is CCCC1C(=O)OC(C)C1O. The van der Waals surface area contributed by atoms with Gasteiger partial charge in [-0.2, -0.15) is 0 Å². The first-order valence-corrected chi connectivity index (χ1v) is 4.05. The van der Waals surface area contributed by atoms with Gasteiger partial charge in [-0.05, 0) is 13.3 Å². The van der Waals surface area contributed by atoms with Gasteiger partial charge in [0.2, 0.25) is 0 Å². The molecule has 3 nitrogen and oxygen atoms in total. The first-order chi connectivity index (χ1) is 5.16. The number of ether oxygens (including phenoxy) is 1. The predicted molar refractivity (Wildman–Crippen MR) is 40.0 cm³/mol. The molecule has 64 valence electrons. The summed E-state index contributed by atoms with van der Waals surface area (Å²) in [7, 11) is 0. The molecule has 0 aliphatic carbocycles. The van der Waals surface area contributed by atoms with E-state index in [1.807, 2.05) is 6.92 Å². The van der Waals surface area contributed by atoms with Crippen molar-refractivity contribution in [3.63, 3.8) is 0 Å². The van der Waals surface area contributed by atoms with Crippen LogP contribution in [0.1, 0.15) is 26.7 Å². The molecule has 0 saturated carbocycles. The van der Waals surface area contributed by atoms with Gasteiger partial charge in [0.05, 0.1) is 5.92 Å². The van der Waals surface area contributed by atoms with E-state index in [0.717, 1.165) is 12.8 Å². The first-order valence-electron chi connectivity index (χ1n) is 4.05. The van der Waals surface area contributed by atoms with Crippen LogP contribution in [0.2, 0.25) is 0 Å². The van der Waals surface area contributed by atoms with E-state index in [0.29, 0.717) is 0 Å². The Labute approximate surface area is 66.4 Å². The maximum Gasteiger partial charge on any atom is 0.312 e. The molecule has 1 rings (SSSR count). The summed E-state index contributed by atoms with van der Waals surface area (Å²) in [6, 6.07) is 0. The van der Waals surface area contributed by atoms with Crippen LogP contribution in [-0.2, 0) is 9.53 Å². The molecule has 1 saturated heterocycles. The smallest absolute Gasteiger partial charge is 0.312 e. The molecule has 0 spiro atoms. The number of carbonyl (C=O) groups excluding carboxylic acids is 1. The highest BCUT2D eigenvalue weighted by Gasteiger charge is 2.40. The Morgan fingerprint density at radius 1 is 1.64 bits per heavy atom. The second-order valence-electron chi connectivity index (χ2n) is 3.03. The molecule has 3 heteroatoms. The van der Waals surface area contributed by atoms with E-state index >= 15 is 0 Å². The normalized spacial score (nSPS) is 37.4. The monoisotopic (exact) mass is 158 g/mol. The fraction of sp³-hybridized carbons (Fsp3) is 0.875. The van der Waals surface area contributed by atoms with Crippen LogP contribution in [-0.4, -0.2) is 23.3 Å². The molecule has 1 fully saturated rings. The Morgan fingerprint density at radius 2 is 2.27 bits per heavy atom. The van der Waals surface area contributed by atoms with E-state index in [2.05, 4.69) is 0 Å². The molecule has 3 atom stereocenters. The van der Waals surface area contributed by atoms with Crippen molar-refractivity contribution in [2.45, 2.75) is 38.9 Å². The predicted octanol–water partition coefficient (Wildman–Crippen LogP) is 0.709. The average Bonchev–Trinajstić information content (AvgIpc) is 2.17. The molecule has 1 heterocycles. The highest BCUT2D eigenvalue weighted by molar-refractivity contribution is 5.75. The lowest BCUT2D eigenvalue weighted by atomic mass is 9.97. The van der Waals surface area contributed by atoms with Gasteiger partial charge in [0, 0.05) is 0 Å². The van der Waals surface area contributed by atoms with Crippen LogP contribution in [0.25, 0.3) is 0 Å². The lowest BCUT2D eigenvalue weighted by molar-refractivity contribution is -0.143. The van der Waals surface area contributed by atoms with Crippen LogP contribution in [0, 0.1) is 5.92 Å². The summed E-state index contributed by atoms with van der Waals surface area (Å²) in [5.41, 5.74) is 0. The molecule has 0 bridgehead atoms. The average molecular weight is 158 g/mol. The number of aliphatic hydroxyl groups is 1. The number of carbonyl (C=O) groups is 1. The standard InChI is InChI=1S/C8H14O3/c1-3-4-6-7(9)5(2)11-8(6)10/h5-7,9H,3-4H2,1-2H3. The quantitative estimate of drug-likeness (QED) is 0.602. The van der Waals surface area contributed by atoms with Crippen molar-refractivity contribution in [3.8, 4) is 0 Å². The summed E-state index contributed by atoms with van der Waals surface area (Å²) in [5.74, 6) is -0.526. The van der Waals surface area contributed by atoms with Crippen molar-refractivity contribution in [3.05, 3.63) is 0 Å². The van der Waals surface area contributed by atoms with E-state index < -0.39 is 6.10 Å². The Morgan fingerprint density at radius 3 is 2.64 bits per heavy atom. The van der Waals surface area contributed by atoms with E-state index in [4.69, 9.17) is 4.74 Å². The maximum atomic E-state index is 11.0. The Bertz CT molecular complexity index is 155. The minimum absolute atomic E-state index is 0.244. The van der Waals surface area contributed by atoms with E-state index in [1.54, 1.807) is 6.92 Å². The fourth-order valence-electron chi connectivity index (χ4n) is 1.41. The molecule has 0 aromatic rings. The van der Waals surface area contributed by atoms with Crippen molar-refractivity contribution in [2.24, 2.45) is 5.92 Å². The zero-order valence-electron chi connectivity index (χ0n) is 6.91. The zero-order valence-corrected chi connectivity index (χ0v) is 6.91. The summed E-state index contributed by atoms with van der Waals surface area (Å²) in [6.07, 6.45) is 0.718. The molecule has 1 N–H and O–H groups in total. The third-order valence-electron chi connectivity index (χ3n) is 2.10. The summed E-state index contributed by atoms with van der Waals surface area (Å²) in [6.45, 7) is 3.71. The molecule has 1 aliphatic rings. The van der Waals surface area contributed by atoms with Gasteiger partial charge >= 0.3 is 5.97 Å². The number of esters is 1. The molecule has 0 aromatic heterocycles. The second kappa shape index (κ2) is 3.22. The van der Waals surface area contributed by atoms with E-state index in [9.17, 15) is 9.90 Å². The molecule has 0 radical (unpaired) electrons. The first kappa shape index (κ1) is 8.53.